The fourth-order valence-corrected chi connectivity index (χ4v) is 8.86. The van der Waals surface area contributed by atoms with Crippen molar-refractivity contribution >= 4 is 0 Å². The monoisotopic (exact) mass is 427 g/mol. The van der Waals surface area contributed by atoms with Gasteiger partial charge in [-0.1, -0.05) is 58.1 Å². The second-order valence-electron chi connectivity index (χ2n) is 12.2. The van der Waals surface area contributed by atoms with Gasteiger partial charge < -0.3 is 5.11 Å². The molecule has 4 aliphatic rings. The van der Waals surface area contributed by atoms with Crippen molar-refractivity contribution in [2.75, 3.05) is 0 Å². The Labute approximate surface area is 189 Å². The van der Waals surface area contributed by atoms with Crippen molar-refractivity contribution in [2.24, 2.45) is 34.5 Å². The molecule has 4 saturated carbocycles. The van der Waals surface area contributed by atoms with Crippen LogP contribution in [0.3, 0.4) is 0 Å². The van der Waals surface area contributed by atoms with Crippen molar-refractivity contribution in [3.63, 3.8) is 0 Å². The summed E-state index contributed by atoms with van der Waals surface area (Å²) in [5, 5.41) is 20.6. The topological polar surface area (TPSA) is 50.9 Å². The number of aliphatic hydroxyl groups is 1. The lowest BCUT2D eigenvalue weighted by atomic mass is 9.45. The van der Waals surface area contributed by atoms with E-state index >= 15 is 0 Å². The smallest absolute Gasteiger partial charge is 0.0827 e. The molecule has 1 aromatic heterocycles. The van der Waals surface area contributed by atoms with E-state index in [2.05, 4.69) is 37.3 Å². The highest BCUT2D eigenvalue weighted by Gasteiger charge is 2.62. The molecule has 4 heteroatoms. The molecule has 0 bridgehead atoms. The molecule has 0 saturated heterocycles. The van der Waals surface area contributed by atoms with Gasteiger partial charge in [0.25, 0.3) is 0 Å². The number of hydrogen-bond acceptors (Lipinski definition) is 3. The molecule has 0 spiro atoms. The number of fused-ring (bicyclic) bond motifs is 5. The van der Waals surface area contributed by atoms with E-state index in [4.69, 9.17) is 0 Å². The van der Waals surface area contributed by atoms with Gasteiger partial charge in [-0.3, -0.25) is 0 Å². The molecule has 8 atom stereocenters. The fourth-order valence-electron chi connectivity index (χ4n) is 8.86. The van der Waals surface area contributed by atoms with Crippen molar-refractivity contribution in [1.29, 1.82) is 0 Å². The average Bonchev–Trinajstić information content (AvgIpc) is 3.33. The first-order chi connectivity index (χ1) is 15.0. The molecular weight excluding hydrogens is 382 g/mol. The van der Waals surface area contributed by atoms with E-state index in [0.717, 1.165) is 36.3 Å². The van der Waals surface area contributed by atoms with Gasteiger partial charge >= 0.3 is 0 Å². The third-order valence-corrected chi connectivity index (χ3v) is 10.7. The number of aryl methyl sites for hydroxylation is 1. The number of aromatic nitrogens is 3. The van der Waals surface area contributed by atoms with Crippen LogP contribution in [0.25, 0.3) is 0 Å². The molecule has 4 fully saturated rings. The van der Waals surface area contributed by atoms with Crippen LogP contribution in [0.15, 0.2) is 6.20 Å². The van der Waals surface area contributed by atoms with Crippen molar-refractivity contribution in [2.45, 2.75) is 123 Å². The second-order valence-corrected chi connectivity index (χ2v) is 12.2. The highest BCUT2D eigenvalue weighted by Crippen LogP contribution is 2.67. The first-order valence-electron chi connectivity index (χ1n) is 13.6. The summed E-state index contributed by atoms with van der Waals surface area (Å²) in [4.78, 5) is 0. The maximum atomic E-state index is 11.6. The van der Waals surface area contributed by atoms with E-state index in [1.165, 1.54) is 77.0 Å². The first kappa shape index (κ1) is 21.9. The molecule has 1 heterocycles. The molecular formula is C27H45N3O. The summed E-state index contributed by atoms with van der Waals surface area (Å²) in [6.45, 7) is 7.29. The van der Waals surface area contributed by atoms with Gasteiger partial charge in [-0.05, 0) is 92.3 Å². The van der Waals surface area contributed by atoms with Crippen LogP contribution in [0, 0.1) is 34.5 Å². The quantitative estimate of drug-likeness (QED) is 0.538. The van der Waals surface area contributed by atoms with E-state index < -0.39 is 0 Å². The van der Waals surface area contributed by atoms with Crippen LogP contribution < -0.4 is 0 Å². The van der Waals surface area contributed by atoms with E-state index in [1.54, 1.807) is 0 Å². The first-order valence-corrected chi connectivity index (χ1v) is 13.6. The molecule has 0 aliphatic heterocycles. The van der Waals surface area contributed by atoms with E-state index in [1.807, 2.05) is 4.68 Å². The predicted octanol–water partition coefficient (Wildman–Crippen LogP) is 6.35. The Kier molecular flexibility index (Phi) is 5.99. The zero-order valence-corrected chi connectivity index (χ0v) is 20.2. The fraction of sp³-hybridized carbons (Fsp3) is 0.926. The molecule has 5 rings (SSSR count). The van der Waals surface area contributed by atoms with Crippen LogP contribution >= 0.6 is 0 Å². The summed E-state index contributed by atoms with van der Waals surface area (Å²) in [5.41, 5.74) is 1.72. The normalized spacial score (nSPS) is 44.5. The highest BCUT2D eigenvalue weighted by atomic mass is 16.3. The number of rotatable bonds is 6. The third kappa shape index (κ3) is 3.60. The van der Waals surface area contributed by atoms with Crippen molar-refractivity contribution in [1.82, 2.24) is 15.0 Å². The molecule has 0 aromatic carbocycles. The second kappa shape index (κ2) is 8.47. The number of aliphatic hydroxyl groups excluding tert-OH is 1. The highest BCUT2D eigenvalue weighted by molar-refractivity contribution is 5.12. The standard InChI is InChI=1S/C27H45N3O/c1-4-5-6-7-11-20-18-30(29-28-20)24-17-23-21-13-12-19-10-8-9-15-26(19,2)22(21)14-16-27(23,3)25(24)31/h18-19,21-25,31H,4-17H2,1-3H3/t19-,21-,22+,23+,24+,25-,26+,27+/m1/s1. The summed E-state index contributed by atoms with van der Waals surface area (Å²) in [5.74, 6) is 3.28. The molecule has 4 nitrogen and oxygen atoms in total. The van der Waals surface area contributed by atoms with Crippen LogP contribution in [0.5, 0.6) is 0 Å². The molecule has 0 radical (unpaired) electrons. The van der Waals surface area contributed by atoms with Crippen molar-refractivity contribution < 1.29 is 5.11 Å². The van der Waals surface area contributed by atoms with Crippen LogP contribution in [0.4, 0.5) is 0 Å². The maximum absolute atomic E-state index is 11.6. The van der Waals surface area contributed by atoms with Gasteiger partial charge in [-0.2, -0.15) is 0 Å². The summed E-state index contributed by atoms with van der Waals surface area (Å²) >= 11 is 0. The van der Waals surface area contributed by atoms with E-state index in [-0.39, 0.29) is 17.6 Å². The van der Waals surface area contributed by atoms with Crippen molar-refractivity contribution in [3.05, 3.63) is 11.9 Å². The third-order valence-electron chi connectivity index (χ3n) is 10.7. The Morgan fingerprint density at radius 3 is 2.71 bits per heavy atom. The average molecular weight is 428 g/mol. The molecule has 0 unspecified atom stereocenters. The number of hydrogen-bond donors (Lipinski definition) is 1. The van der Waals surface area contributed by atoms with Gasteiger partial charge in [0.15, 0.2) is 0 Å². The zero-order chi connectivity index (χ0) is 21.6. The minimum atomic E-state index is -0.287. The Hall–Kier alpha value is -0.900. The molecule has 1 N–H and O–H groups in total. The van der Waals surface area contributed by atoms with E-state index in [0.29, 0.717) is 11.3 Å². The molecule has 174 valence electrons. The van der Waals surface area contributed by atoms with Gasteiger partial charge in [0, 0.05) is 6.20 Å². The Morgan fingerprint density at radius 1 is 1.00 bits per heavy atom. The Bertz CT molecular complexity index is 761. The zero-order valence-electron chi connectivity index (χ0n) is 20.2. The Balaban J connectivity index is 1.32. The van der Waals surface area contributed by atoms with Crippen LogP contribution in [0.2, 0.25) is 0 Å². The van der Waals surface area contributed by atoms with Gasteiger partial charge in [-0.25, -0.2) is 4.68 Å². The van der Waals surface area contributed by atoms with Crippen molar-refractivity contribution in [3.8, 4) is 0 Å². The summed E-state index contributed by atoms with van der Waals surface area (Å²) in [6, 6.07) is 0.113. The van der Waals surface area contributed by atoms with Crippen LogP contribution in [-0.2, 0) is 6.42 Å². The summed E-state index contributed by atoms with van der Waals surface area (Å²) < 4.78 is 2.05. The van der Waals surface area contributed by atoms with Gasteiger partial charge in [0.2, 0.25) is 0 Å². The number of unbranched alkanes of at least 4 members (excludes halogenated alkanes) is 3. The van der Waals surface area contributed by atoms with Crippen LogP contribution in [0.1, 0.15) is 116 Å². The minimum absolute atomic E-state index is 0.0525. The molecule has 4 aliphatic carbocycles. The minimum Gasteiger partial charge on any atom is -0.390 e. The lowest BCUT2D eigenvalue weighted by molar-refractivity contribution is -0.121. The maximum Gasteiger partial charge on any atom is 0.0827 e. The Morgan fingerprint density at radius 2 is 1.87 bits per heavy atom. The predicted molar refractivity (Wildman–Crippen MR) is 125 cm³/mol. The molecule has 0 amide bonds. The van der Waals surface area contributed by atoms with Crippen LogP contribution in [-0.4, -0.2) is 26.2 Å². The van der Waals surface area contributed by atoms with Gasteiger partial charge in [0.05, 0.1) is 17.8 Å². The lowest BCUT2D eigenvalue weighted by Gasteiger charge is -2.60. The lowest BCUT2D eigenvalue weighted by Crippen LogP contribution is -2.53. The molecule has 1 aromatic rings. The summed E-state index contributed by atoms with van der Waals surface area (Å²) in [6.07, 6.45) is 20.2. The molecule has 31 heavy (non-hydrogen) atoms. The van der Waals surface area contributed by atoms with E-state index in [9.17, 15) is 5.11 Å². The van der Waals surface area contributed by atoms with Gasteiger partial charge in [0.1, 0.15) is 0 Å². The summed E-state index contributed by atoms with van der Waals surface area (Å²) in [7, 11) is 0. The number of nitrogens with zero attached hydrogens (tertiary/aromatic N) is 3. The van der Waals surface area contributed by atoms with Gasteiger partial charge in [-0.15, -0.1) is 5.10 Å². The largest absolute Gasteiger partial charge is 0.390 e. The SMILES string of the molecule is CCCCCCc1cn([C@H]2C[C@H]3[C@@H]4CC[C@H]5CCCC[C@]5(C)[C@H]4CC[C@]3(C)[C@@H]2O)nn1.